The first-order chi connectivity index (χ1) is 15.0. The molecule has 158 valence electrons. The molecule has 4 amide bonds. The lowest BCUT2D eigenvalue weighted by Crippen LogP contribution is -2.32. The van der Waals surface area contributed by atoms with Gasteiger partial charge in [-0.05, 0) is 42.2 Å². The fourth-order valence-corrected chi connectivity index (χ4v) is 6.34. The second kappa shape index (κ2) is 6.74. The number of amides is 4. The maximum absolute atomic E-state index is 13.0. The second-order valence-corrected chi connectivity index (χ2v) is 9.50. The summed E-state index contributed by atoms with van der Waals surface area (Å²) in [6.07, 6.45) is 10.3. The molecule has 1 saturated carbocycles. The number of nitrogens with zero attached hydrogens (tertiary/aromatic N) is 2. The molecule has 6 atom stereocenters. The Balaban J connectivity index is 1.19. The molecule has 0 radical (unpaired) electrons. The van der Waals surface area contributed by atoms with Crippen LogP contribution in [-0.4, -0.2) is 33.4 Å². The van der Waals surface area contributed by atoms with Gasteiger partial charge in [-0.1, -0.05) is 48.6 Å². The molecule has 1 aromatic rings. The minimum atomic E-state index is -0.232. The summed E-state index contributed by atoms with van der Waals surface area (Å²) in [5.74, 6) is -0.743. The number of benzene rings is 1. The van der Waals surface area contributed by atoms with E-state index in [-0.39, 0.29) is 72.2 Å². The van der Waals surface area contributed by atoms with Crippen molar-refractivity contribution in [3.8, 4) is 0 Å². The van der Waals surface area contributed by atoms with Gasteiger partial charge in [0.15, 0.2) is 0 Å². The molecule has 0 N–H and O–H groups in total. The molecule has 31 heavy (non-hydrogen) atoms. The van der Waals surface area contributed by atoms with E-state index in [9.17, 15) is 19.2 Å². The van der Waals surface area contributed by atoms with E-state index in [0.29, 0.717) is 12.8 Å². The van der Waals surface area contributed by atoms with E-state index in [0.717, 1.165) is 17.5 Å². The molecular weight excluding hydrogens is 392 g/mol. The molecule has 6 unspecified atom stereocenters. The number of fused-ring (bicyclic) bond motifs is 6. The van der Waals surface area contributed by atoms with Crippen LogP contribution < -0.4 is 0 Å². The van der Waals surface area contributed by atoms with Crippen molar-refractivity contribution in [1.29, 1.82) is 0 Å². The quantitative estimate of drug-likeness (QED) is 0.558. The third-order valence-electron chi connectivity index (χ3n) is 7.83. The summed E-state index contributed by atoms with van der Waals surface area (Å²) >= 11 is 0. The Morgan fingerprint density at radius 2 is 1.19 bits per heavy atom. The molecule has 0 spiro atoms. The molecule has 2 aliphatic heterocycles. The van der Waals surface area contributed by atoms with Crippen molar-refractivity contribution < 1.29 is 19.2 Å². The molecular formula is C25H24N2O4. The van der Waals surface area contributed by atoms with Gasteiger partial charge in [0.1, 0.15) is 0 Å². The van der Waals surface area contributed by atoms with E-state index >= 15 is 0 Å². The summed E-state index contributed by atoms with van der Waals surface area (Å²) in [5.41, 5.74) is 1.68. The van der Waals surface area contributed by atoms with E-state index < -0.39 is 0 Å². The van der Waals surface area contributed by atoms with Gasteiger partial charge in [-0.15, -0.1) is 0 Å². The second-order valence-electron chi connectivity index (χ2n) is 9.50. The zero-order chi connectivity index (χ0) is 21.3. The third kappa shape index (κ3) is 2.70. The summed E-state index contributed by atoms with van der Waals surface area (Å²) in [6.45, 7) is 0.481. The fraction of sp³-hybridized carbons (Fsp3) is 0.440. The largest absolute Gasteiger partial charge is 0.278 e. The monoisotopic (exact) mass is 416 g/mol. The zero-order valence-electron chi connectivity index (χ0n) is 17.1. The Morgan fingerprint density at radius 1 is 0.710 bits per heavy atom. The van der Waals surface area contributed by atoms with Crippen molar-refractivity contribution in [2.45, 2.75) is 32.4 Å². The van der Waals surface area contributed by atoms with Crippen LogP contribution >= 0.6 is 0 Å². The standard InChI is InChI=1S/C25H24N2O4/c28-22-18-6-1-2-7-19(18)23(29)26(22)12-14-4-3-5-15(10-14)13-27-24(30)20-16-8-9-17(11-16)21(20)25(27)31/h1-5,8-10,16-21H,6-7,11-13H2. The highest BCUT2D eigenvalue weighted by atomic mass is 16.2. The van der Waals surface area contributed by atoms with Gasteiger partial charge in [0, 0.05) is 0 Å². The highest BCUT2D eigenvalue weighted by Gasteiger charge is 2.59. The van der Waals surface area contributed by atoms with Crippen LogP contribution in [0.4, 0.5) is 0 Å². The van der Waals surface area contributed by atoms with Gasteiger partial charge in [-0.2, -0.15) is 0 Å². The molecule has 3 aliphatic carbocycles. The highest BCUT2D eigenvalue weighted by Crippen LogP contribution is 2.52. The van der Waals surface area contributed by atoms with Gasteiger partial charge < -0.3 is 0 Å². The molecule has 6 nitrogen and oxygen atoms in total. The normalized spacial score (nSPS) is 35.5. The first-order valence-corrected chi connectivity index (χ1v) is 11.1. The topological polar surface area (TPSA) is 74.8 Å². The Bertz CT molecular complexity index is 1020. The summed E-state index contributed by atoms with van der Waals surface area (Å²) in [6, 6.07) is 7.54. The minimum Gasteiger partial charge on any atom is -0.278 e. The Kier molecular flexibility index (Phi) is 4.07. The van der Waals surface area contributed by atoms with Gasteiger partial charge in [-0.3, -0.25) is 29.0 Å². The summed E-state index contributed by atoms with van der Waals surface area (Å²) in [4.78, 5) is 54.2. The number of imide groups is 2. The summed E-state index contributed by atoms with van der Waals surface area (Å²) in [7, 11) is 0. The number of likely N-dealkylation sites (tertiary alicyclic amines) is 2. The Morgan fingerprint density at radius 3 is 1.71 bits per heavy atom. The van der Waals surface area contributed by atoms with E-state index in [1.54, 1.807) is 0 Å². The molecule has 5 aliphatic rings. The molecule has 1 aromatic carbocycles. The number of rotatable bonds is 4. The first-order valence-electron chi connectivity index (χ1n) is 11.1. The number of allylic oxidation sites excluding steroid dienone is 4. The van der Waals surface area contributed by atoms with Crippen molar-refractivity contribution in [2.75, 3.05) is 0 Å². The average molecular weight is 416 g/mol. The van der Waals surface area contributed by atoms with Gasteiger partial charge in [0.2, 0.25) is 23.6 Å². The number of hydrogen-bond donors (Lipinski definition) is 0. The average Bonchev–Trinajstić information content (AvgIpc) is 3.51. The predicted octanol–water partition coefficient (Wildman–Crippen LogP) is 2.44. The SMILES string of the molecule is O=C1C2CC=CCC2C(=O)N1Cc1cccc(CN2C(=O)C3C4C=CC(C4)C3C2=O)c1. The lowest BCUT2D eigenvalue weighted by molar-refractivity contribution is -0.142. The number of carbonyl (C=O) groups is 4. The van der Waals surface area contributed by atoms with Crippen LogP contribution in [0.1, 0.15) is 30.4 Å². The zero-order valence-corrected chi connectivity index (χ0v) is 17.1. The van der Waals surface area contributed by atoms with Crippen molar-refractivity contribution >= 4 is 23.6 Å². The van der Waals surface area contributed by atoms with Gasteiger partial charge in [-0.25, -0.2) is 0 Å². The number of hydrogen-bond acceptors (Lipinski definition) is 4. The lowest BCUT2D eigenvalue weighted by Gasteiger charge is -2.19. The van der Waals surface area contributed by atoms with Crippen molar-refractivity contribution in [2.24, 2.45) is 35.5 Å². The molecule has 2 saturated heterocycles. The van der Waals surface area contributed by atoms with Crippen LogP contribution in [-0.2, 0) is 32.3 Å². The minimum absolute atomic E-state index is 0.0567. The summed E-state index contributed by atoms with van der Waals surface area (Å²) < 4.78 is 0. The molecule has 2 bridgehead atoms. The summed E-state index contributed by atoms with van der Waals surface area (Å²) in [5, 5.41) is 0. The predicted molar refractivity (Wildman–Crippen MR) is 111 cm³/mol. The van der Waals surface area contributed by atoms with Gasteiger partial charge in [0.05, 0.1) is 36.8 Å². The Hall–Kier alpha value is -3.02. The number of carbonyl (C=O) groups excluding carboxylic acids is 4. The maximum Gasteiger partial charge on any atom is 0.234 e. The Labute approximate surface area is 180 Å². The third-order valence-corrected chi connectivity index (χ3v) is 7.83. The molecule has 0 aromatic heterocycles. The smallest absolute Gasteiger partial charge is 0.234 e. The van der Waals surface area contributed by atoms with E-state index in [1.807, 2.05) is 36.4 Å². The first kappa shape index (κ1) is 18.7. The molecule has 6 rings (SSSR count). The maximum atomic E-state index is 13.0. The molecule has 2 heterocycles. The van der Waals surface area contributed by atoms with Gasteiger partial charge in [0.25, 0.3) is 0 Å². The van der Waals surface area contributed by atoms with E-state index in [2.05, 4.69) is 12.2 Å². The van der Waals surface area contributed by atoms with E-state index in [4.69, 9.17) is 0 Å². The van der Waals surface area contributed by atoms with Crippen LogP contribution in [0.2, 0.25) is 0 Å². The van der Waals surface area contributed by atoms with Crippen LogP contribution in [0, 0.1) is 35.5 Å². The van der Waals surface area contributed by atoms with Crippen LogP contribution in [0.15, 0.2) is 48.6 Å². The van der Waals surface area contributed by atoms with Crippen molar-refractivity contribution in [3.05, 3.63) is 59.7 Å². The van der Waals surface area contributed by atoms with Crippen LogP contribution in [0.25, 0.3) is 0 Å². The van der Waals surface area contributed by atoms with E-state index in [1.165, 1.54) is 9.80 Å². The fourth-order valence-electron chi connectivity index (χ4n) is 6.34. The van der Waals surface area contributed by atoms with Crippen molar-refractivity contribution in [1.82, 2.24) is 9.80 Å². The molecule has 3 fully saturated rings. The molecule has 6 heteroatoms. The highest BCUT2D eigenvalue weighted by molar-refractivity contribution is 6.06. The van der Waals surface area contributed by atoms with Crippen LogP contribution in [0.5, 0.6) is 0 Å². The lowest BCUT2D eigenvalue weighted by atomic mass is 9.85. The van der Waals surface area contributed by atoms with Crippen LogP contribution in [0.3, 0.4) is 0 Å². The van der Waals surface area contributed by atoms with Gasteiger partial charge >= 0.3 is 0 Å². The van der Waals surface area contributed by atoms with Crippen molar-refractivity contribution in [3.63, 3.8) is 0 Å².